The predicted octanol–water partition coefficient (Wildman–Crippen LogP) is -0.888. The molecule has 80 heavy (non-hydrogen) atoms. The standard InChI is InChI=1S/C55H66N10O13S2/c56-37(25-35-18-20-36(67)21-19-35)47(69)61-41(28-34-15-8-3-9-16-34)54(76)65-24-10-17-45(65)53(75)64-44-31-80-79-30-43(52(74)60-39(26-32-11-4-1-5-12-32)49(71)62-42(29-66)55(77)78)63-50(72)40(27-33-13-6-2-7-14-33)59-48(70)38(58-51(44)73)22-23-46(57)68/h1-9,11-16,18-21,37-45,66-67H,10,17,22-31,56H2,(H2,57,68)(H,58,73)(H,59,70)(H,60,74)(H,61,69)(H,62,71)(H,63,72)(H,64,75)(H,77,78)/t37-,38-,39-,40-,41-,42-,43-,44+,45-/m0/s1. The van der Waals surface area contributed by atoms with Crippen LogP contribution in [0, 0.1) is 0 Å². The Bertz CT molecular complexity index is 2800. The number of hydrogen-bond donors (Lipinski definition) is 12. The van der Waals surface area contributed by atoms with Crippen LogP contribution in [0.15, 0.2) is 115 Å². The summed E-state index contributed by atoms with van der Waals surface area (Å²) in [6.07, 6.45) is -0.310. The van der Waals surface area contributed by atoms with Crippen molar-refractivity contribution in [1.82, 2.24) is 42.1 Å². The van der Waals surface area contributed by atoms with Gasteiger partial charge >= 0.3 is 5.97 Å². The Labute approximate surface area is 469 Å². The third-order valence-corrected chi connectivity index (χ3v) is 15.6. The average molecular weight is 1140 g/mol. The van der Waals surface area contributed by atoms with Gasteiger partial charge in [0.2, 0.25) is 53.2 Å². The lowest BCUT2D eigenvalue weighted by Crippen LogP contribution is -2.61. The van der Waals surface area contributed by atoms with Crippen molar-refractivity contribution < 1.29 is 63.3 Å². The Kier molecular flexibility index (Phi) is 23.3. The van der Waals surface area contributed by atoms with E-state index in [1.165, 1.54) is 17.0 Å². The number of hydrogen-bond acceptors (Lipinski definition) is 15. The van der Waals surface area contributed by atoms with E-state index in [1.54, 1.807) is 103 Å². The number of aromatic hydroxyl groups is 1. The third kappa shape index (κ3) is 18.6. The van der Waals surface area contributed by atoms with E-state index in [0.717, 1.165) is 21.6 Å². The molecule has 6 rings (SSSR count). The van der Waals surface area contributed by atoms with Crippen LogP contribution in [0.4, 0.5) is 0 Å². The molecule has 0 spiro atoms. The number of rotatable bonds is 22. The molecule has 2 heterocycles. The predicted molar refractivity (Wildman–Crippen MR) is 297 cm³/mol. The number of phenolic OH excluding ortho intramolecular Hbond substituents is 1. The van der Waals surface area contributed by atoms with Crippen LogP contribution in [-0.4, -0.2) is 158 Å². The van der Waals surface area contributed by atoms with Crippen LogP contribution in [0.3, 0.4) is 0 Å². The third-order valence-electron chi connectivity index (χ3n) is 13.2. The number of primary amides is 1. The number of benzene rings is 4. The van der Waals surface area contributed by atoms with Gasteiger partial charge in [-0.1, -0.05) is 125 Å². The second-order valence-corrected chi connectivity index (χ2v) is 21.8. The summed E-state index contributed by atoms with van der Waals surface area (Å²) in [5.74, 6) is -9.22. The van der Waals surface area contributed by atoms with E-state index in [2.05, 4.69) is 37.2 Å². The van der Waals surface area contributed by atoms with E-state index in [-0.39, 0.29) is 68.7 Å². The van der Waals surface area contributed by atoms with Crippen LogP contribution >= 0.6 is 21.6 Å². The number of aliphatic hydroxyl groups is 1. The number of aliphatic hydroxyl groups excluding tert-OH is 1. The molecule has 2 aliphatic rings. The van der Waals surface area contributed by atoms with Crippen molar-refractivity contribution in [3.05, 3.63) is 138 Å². The van der Waals surface area contributed by atoms with Crippen molar-refractivity contribution in [2.45, 2.75) is 106 Å². The summed E-state index contributed by atoms with van der Waals surface area (Å²) < 4.78 is 0. The van der Waals surface area contributed by atoms with Crippen LogP contribution in [0.1, 0.15) is 47.9 Å². The molecule has 9 atom stereocenters. The highest BCUT2D eigenvalue weighted by atomic mass is 33.1. The molecule has 9 amide bonds. The van der Waals surface area contributed by atoms with Gasteiger partial charge in [-0.3, -0.25) is 43.2 Å². The Morgan fingerprint density at radius 3 is 1.79 bits per heavy atom. The topological polar surface area (TPSA) is 371 Å². The highest BCUT2D eigenvalue weighted by Gasteiger charge is 2.41. The quantitative estimate of drug-likeness (QED) is 0.0425. The molecule has 4 aromatic rings. The molecule has 0 bridgehead atoms. The van der Waals surface area contributed by atoms with Crippen molar-refractivity contribution in [1.29, 1.82) is 0 Å². The second-order valence-electron chi connectivity index (χ2n) is 19.3. The maximum Gasteiger partial charge on any atom is 0.328 e. The summed E-state index contributed by atoms with van der Waals surface area (Å²) >= 11 is 0. The first-order valence-electron chi connectivity index (χ1n) is 25.8. The zero-order chi connectivity index (χ0) is 57.7. The summed E-state index contributed by atoms with van der Waals surface area (Å²) in [5.41, 5.74) is 14.3. The van der Waals surface area contributed by atoms with Gasteiger partial charge in [0, 0.05) is 43.7 Å². The van der Waals surface area contributed by atoms with E-state index in [0.29, 0.717) is 28.7 Å². The maximum absolute atomic E-state index is 14.6. The number of carbonyl (C=O) groups is 10. The van der Waals surface area contributed by atoms with Gasteiger partial charge < -0.3 is 68.9 Å². The molecule has 23 nitrogen and oxygen atoms in total. The van der Waals surface area contributed by atoms with Crippen molar-refractivity contribution in [2.24, 2.45) is 11.5 Å². The molecule has 0 radical (unpaired) electrons. The van der Waals surface area contributed by atoms with Crippen LogP contribution < -0.4 is 48.7 Å². The minimum Gasteiger partial charge on any atom is -0.508 e. The van der Waals surface area contributed by atoms with Crippen LogP contribution in [0.5, 0.6) is 5.75 Å². The monoisotopic (exact) mass is 1140 g/mol. The minimum absolute atomic E-state index is 0.0341. The Balaban J connectivity index is 1.26. The number of aliphatic carboxylic acids is 1. The van der Waals surface area contributed by atoms with Crippen LogP contribution in [0.25, 0.3) is 0 Å². The number of nitrogens with zero attached hydrogens (tertiary/aromatic N) is 1. The molecule has 0 aromatic heterocycles. The van der Waals surface area contributed by atoms with E-state index < -0.39 is 120 Å². The molecule has 0 saturated carbocycles. The second kappa shape index (κ2) is 30.4. The van der Waals surface area contributed by atoms with Gasteiger partial charge in [-0.2, -0.15) is 0 Å². The van der Waals surface area contributed by atoms with E-state index >= 15 is 0 Å². The Morgan fingerprint density at radius 2 is 1.19 bits per heavy atom. The molecule has 4 aromatic carbocycles. The lowest BCUT2D eigenvalue weighted by atomic mass is 10.0. The van der Waals surface area contributed by atoms with E-state index in [1.807, 2.05) is 0 Å². The largest absolute Gasteiger partial charge is 0.508 e. The number of amides is 9. The number of nitrogens with one attached hydrogen (secondary N) is 7. The molecule has 25 heteroatoms. The molecule has 14 N–H and O–H groups in total. The zero-order valence-corrected chi connectivity index (χ0v) is 45.1. The maximum atomic E-state index is 14.6. The highest BCUT2D eigenvalue weighted by molar-refractivity contribution is 8.76. The molecule has 0 aliphatic carbocycles. The number of nitrogens with two attached hydrogens (primary N) is 2. The van der Waals surface area contributed by atoms with Crippen LogP contribution in [0.2, 0.25) is 0 Å². The molecule has 0 unspecified atom stereocenters. The molecule has 2 aliphatic heterocycles. The summed E-state index contributed by atoms with van der Waals surface area (Å²) in [4.78, 5) is 139. The van der Waals surface area contributed by atoms with Crippen molar-refractivity contribution in [3.8, 4) is 5.75 Å². The van der Waals surface area contributed by atoms with Crippen molar-refractivity contribution in [2.75, 3.05) is 24.7 Å². The van der Waals surface area contributed by atoms with Gasteiger partial charge in [0.15, 0.2) is 0 Å². The van der Waals surface area contributed by atoms with Gasteiger partial charge in [0.1, 0.15) is 54.1 Å². The molecule has 2 fully saturated rings. The zero-order valence-electron chi connectivity index (χ0n) is 43.5. The summed E-state index contributed by atoms with van der Waals surface area (Å²) in [6, 6.07) is 19.7. The average Bonchev–Trinajstić information content (AvgIpc) is 3.94. The number of carboxylic acid groups (broad SMARTS) is 1. The number of phenols is 1. The van der Waals surface area contributed by atoms with Gasteiger partial charge in [0.25, 0.3) is 0 Å². The van der Waals surface area contributed by atoms with Gasteiger partial charge in [-0.15, -0.1) is 0 Å². The van der Waals surface area contributed by atoms with Gasteiger partial charge in [-0.05, 0) is 60.1 Å². The van der Waals surface area contributed by atoms with Gasteiger partial charge in [-0.25, -0.2) is 4.79 Å². The number of carbonyl (C=O) groups excluding carboxylic acids is 9. The van der Waals surface area contributed by atoms with Crippen molar-refractivity contribution >= 4 is 80.7 Å². The summed E-state index contributed by atoms with van der Waals surface area (Å²) in [7, 11) is 2.00. The summed E-state index contributed by atoms with van der Waals surface area (Å²) in [5, 5.41) is 47.3. The SMILES string of the molecule is NC(=O)CC[C@@H]1NC(=O)[C@H](NC(=O)[C@@H]2CCCN2C(=O)[C@H](Cc2ccccc2)NC(=O)[C@@H](N)Cc2ccc(O)cc2)CSSC[C@@H](C(=O)N[C@@H](Cc2ccccc2)C(=O)N[C@@H](CO)C(=O)O)NC(=O)[C@H](Cc2ccccc2)NC1=O. The Hall–Kier alpha value is -8.00. The van der Waals surface area contributed by atoms with Crippen molar-refractivity contribution in [3.63, 3.8) is 0 Å². The fourth-order valence-electron chi connectivity index (χ4n) is 8.90. The number of carboxylic acids is 1. The first-order valence-corrected chi connectivity index (χ1v) is 28.3. The molecule has 2 saturated heterocycles. The van der Waals surface area contributed by atoms with E-state index in [4.69, 9.17) is 11.5 Å². The minimum atomic E-state index is -1.71. The Morgan fingerprint density at radius 1 is 0.637 bits per heavy atom. The fourth-order valence-corrected chi connectivity index (χ4v) is 11.2. The first-order chi connectivity index (χ1) is 38.4. The van der Waals surface area contributed by atoms with Gasteiger partial charge in [0.05, 0.1) is 12.6 Å². The molecular weight excluding hydrogens is 1070 g/mol. The van der Waals surface area contributed by atoms with Crippen LogP contribution in [-0.2, 0) is 73.6 Å². The first kappa shape index (κ1) is 61.2. The normalized spacial score (nSPS) is 20.4. The van der Waals surface area contributed by atoms with E-state index in [9.17, 15) is 63.3 Å². The number of likely N-dealkylation sites (tertiary alicyclic amines) is 1. The highest BCUT2D eigenvalue weighted by Crippen LogP contribution is 2.26. The fraction of sp³-hybridized carbons (Fsp3) is 0.382. The lowest BCUT2D eigenvalue weighted by Gasteiger charge is -2.31. The molecular formula is C55H66N10O13S2. The smallest absolute Gasteiger partial charge is 0.328 e. The summed E-state index contributed by atoms with van der Waals surface area (Å²) in [6.45, 7) is -0.841. The lowest BCUT2D eigenvalue weighted by molar-refractivity contribution is -0.143. The molecule has 426 valence electrons.